The van der Waals surface area contributed by atoms with E-state index in [0.29, 0.717) is 24.1 Å². The predicted octanol–water partition coefficient (Wildman–Crippen LogP) is 3.99. The molecule has 0 N–H and O–H groups in total. The fraction of sp³-hybridized carbons (Fsp3) is 0.636. The maximum Gasteiger partial charge on any atom is 0.247 e. The topological polar surface area (TPSA) is 38.1 Å². The monoisotopic (exact) mass is 443 g/mol. The quantitative estimate of drug-likeness (QED) is 0.687. The summed E-state index contributed by atoms with van der Waals surface area (Å²) < 4.78 is 4.02. The summed E-state index contributed by atoms with van der Waals surface area (Å²) in [6, 6.07) is -0.276. The summed E-state index contributed by atoms with van der Waals surface area (Å²) in [6.45, 7) is 7.39. The van der Waals surface area contributed by atoms with Gasteiger partial charge in [0.15, 0.2) is 0 Å². The van der Waals surface area contributed by atoms with Crippen LogP contribution in [-0.4, -0.2) is 33.7 Å². The van der Waals surface area contributed by atoms with Gasteiger partial charge in [0.05, 0.1) is 4.47 Å². The molecule has 0 saturated heterocycles. The summed E-state index contributed by atoms with van der Waals surface area (Å²) in [5, 5.41) is 4.35. The van der Waals surface area contributed by atoms with E-state index in [-0.39, 0.29) is 11.9 Å². The Bertz CT molecular complexity index is 429. The molecule has 0 aliphatic rings. The van der Waals surface area contributed by atoms with Gasteiger partial charge in [0, 0.05) is 13.1 Å². The van der Waals surface area contributed by atoms with Crippen molar-refractivity contribution in [3.05, 3.63) is 13.7 Å². The molecule has 0 aliphatic heterocycles. The average Bonchev–Trinajstić information content (AvgIpc) is 2.60. The van der Waals surface area contributed by atoms with E-state index in [1.54, 1.807) is 4.68 Å². The zero-order valence-electron chi connectivity index (χ0n) is 10.6. The van der Waals surface area contributed by atoms with Gasteiger partial charge >= 0.3 is 0 Å². The van der Waals surface area contributed by atoms with Crippen LogP contribution in [0.25, 0.3) is 0 Å². The highest BCUT2D eigenvalue weighted by Gasteiger charge is 2.27. The van der Waals surface area contributed by atoms with E-state index in [0.717, 1.165) is 9.08 Å². The normalized spacial score (nSPS) is 12.6. The molecular weight excluding hydrogens is 430 g/mol. The molecule has 0 radical (unpaired) electrons. The molecule has 0 bridgehead atoms. The van der Waals surface area contributed by atoms with Crippen LogP contribution >= 0.6 is 47.8 Å². The molecule has 1 aromatic heterocycles. The maximum absolute atomic E-state index is 12.4. The second kappa shape index (κ2) is 7.05. The van der Waals surface area contributed by atoms with Crippen molar-refractivity contribution in [1.82, 2.24) is 14.7 Å². The van der Waals surface area contributed by atoms with Crippen molar-refractivity contribution in [3.8, 4) is 0 Å². The van der Waals surface area contributed by atoms with Crippen LogP contribution in [0, 0.1) is 0 Å². The molecule has 1 unspecified atom stereocenters. The van der Waals surface area contributed by atoms with Gasteiger partial charge in [0.25, 0.3) is 0 Å². The summed E-state index contributed by atoms with van der Waals surface area (Å²) in [7, 11) is 0. The van der Waals surface area contributed by atoms with Crippen LogP contribution in [0.3, 0.4) is 0 Å². The van der Waals surface area contributed by atoms with Crippen LogP contribution in [0.5, 0.6) is 0 Å². The van der Waals surface area contributed by atoms with Crippen molar-refractivity contribution in [3.63, 3.8) is 0 Å². The highest BCUT2D eigenvalue weighted by Crippen LogP contribution is 2.33. The van der Waals surface area contributed by atoms with Gasteiger partial charge in [-0.05, 0) is 68.1 Å². The SMILES string of the molecule is CCC(C(=O)N(CC)CC)n1nc(Br)c(Br)c1Br. The number of amides is 1. The lowest BCUT2D eigenvalue weighted by Crippen LogP contribution is -2.37. The first-order valence-corrected chi connectivity index (χ1v) is 8.23. The second-order valence-corrected chi connectivity index (χ2v) is 6.07. The molecule has 0 spiro atoms. The molecule has 1 rings (SSSR count). The van der Waals surface area contributed by atoms with E-state index in [1.165, 1.54) is 0 Å². The Morgan fingerprint density at radius 3 is 2.17 bits per heavy atom. The molecule has 1 aromatic rings. The van der Waals surface area contributed by atoms with Gasteiger partial charge in [0.2, 0.25) is 5.91 Å². The maximum atomic E-state index is 12.4. The van der Waals surface area contributed by atoms with Crippen LogP contribution in [0.15, 0.2) is 13.7 Å². The lowest BCUT2D eigenvalue weighted by Gasteiger charge is -2.25. The molecule has 1 heterocycles. The van der Waals surface area contributed by atoms with Crippen molar-refractivity contribution in [2.24, 2.45) is 0 Å². The molecule has 0 aliphatic carbocycles. The Labute approximate surface area is 132 Å². The zero-order valence-corrected chi connectivity index (χ0v) is 15.3. The number of likely N-dealkylation sites (N-methyl/N-ethyl adjacent to an activating group) is 1. The number of nitrogens with zero attached hydrogens (tertiary/aromatic N) is 3. The van der Waals surface area contributed by atoms with E-state index in [2.05, 4.69) is 52.9 Å². The van der Waals surface area contributed by atoms with Crippen molar-refractivity contribution in [2.45, 2.75) is 33.2 Å². The van der Waals surface area contributed by atoms with Gasteiger partial charge in [-0.2, -0.15) is 5.10 Å². The molecule has 0 aromatic carbocycles. The summed E-state index contributed by atoms with van der Waals surface area (Å²) in [5.41, 5.74) is 0. The summed E-state index contributed by atoms with van der Waals surface area (Å²) in [6.07, 6.45) is 0.703. The van der Waals surface area contributed by atoms with Gasteiger partial charge < -0.3 is 4.90 Å². The van der Waals surface area contributed by atoms with E-state index < -0.39 is 0 Å². The molecule has 0 fully saturated rings. The molecule has 0 saturated carbocycles. The van der Waals surface area contributed by atoms with Gasteiger partial charge in [-0.15, -0.1) is 0 Å². The third-order valence-electron chi connectivity index (χ3n) is 2.80. The number of hydrogen-bond donors (Lipinski definition) is 0. The highest BCUT2D eigenvalue weighted by molar-refractivity contribution is 9.14. The minimum absolute atomic E-state index is 0.103. The number of hydrogen-bond acceptors (Lipinski definition) is 2. The fourth-order valence-electron chi connectivity index (χ4n) is 1.77. The standard InChI is InChI=1S/C11H16Br3N3O/c1-4-7(11(18)16(5-2)6-3)17-10(14)8(12)9(13)15-17/h7H,4-6H2,1-3H3. The van der Waals surface area contributed by atoms with E-state index in [4.69, 9.17) is 0 Å². The van der Waals surface area contributed by atoms with Gasteiger partial charge in [0.1, 0.15) is 15.2 Å². The minimum Gasteiger partial charge on any atom is -0.341 e. The molecule has 1 amide bonds. The van der Waals surface area contributed by atoms with Crippen LogP contribution < -0.4 is 0 Å². The van der Waals surface area contributed by atoms with Crippen molar-refractivity contribution >= 4 is 53.7 Å². The first-order valence-electron chi connectivity index (χ1n) is 5.85. The third kappa shape index (κ3) is 3.17. The zero-order chi connectivity index (χ0) is 13.9. The summed E-state index contributed by atoms with van der Waals surface area (Å²) in [4.78, 5) is 14.2. The number of aromatic nitrogens is 2. The lowest BCUT2D eigenvalue weighted by molar-refractivity contribution is -0.134. The predicted molar refractivity (Wildman–Crippen MR) is 82.6 cm³/mol. The van der Waals surface area contributed by atoms with Crippen LogP contribution in [0.1, 0.15) is 33.2 Å². The molecule has 7 heteroatoms. The highest BCUT2D eigenvalue weighted by atomic mass is 79.9. The summed E-state index contributed by atoms with van der Waals surface area (Å²) in [5.74, 6) is 0.103. The van der Waals surface area contributed by atoms with E-state index >= 15 is 0 Å². The van der Waals surface area contributed by atoms with Gasteiger partial charge in [-0.1, -0.05) is 6.92 Å². The summed E-state index contributed by atoms with van der Waals surface area (Å²) >= 11 is 10.2. The first-order chi connectivity index (χ1) is 8.47. The number of carbonyl (C=O) groups excluding carboxylic acids is 1. The van der Waals surface area contributed by atoms with Crippen LogP contribution in [0.4, 0.5) is 0 Å². The Kier molecular flexibility index (Phi) is 6.34. The van der Waals surface area contributed by atoms with Crippen molar-refractivity contribution < 1.29 is 4.79 Å². The number of rotatable bonds is 5. The number of carbonyl (C=O) groups is 1. The Hall–Kier alpha value is 0.120. The molecule has 1 atom stereocenters. The minimum atomic E-state index is -0.276. The largest absolute Gasteiger partial charge is 0.341 e. The average molecular weight is 446 g/mol. The van der Waals surface area contributed by atoms with Gasteiger partial charge in [-0.3, -0.25) is 4.79 Å². The van der Waals surface area contributed by atoms with Gasteiger partial charge in [-0.25, -0.2) is 4.68 Å². The smallest absolute Gasteiger partial charge is 0.247 e. The molecule has 102 valence electrons. The first kappa shape index (κ1) is 16.2. The van der Waals surface area contributed by atoms with E-state index in [9.17, 15) is 4.79 Å². The third-order valence-corrected chi connectivity index (χ3v) is 5.93. The Balaban J connectivity index is 3.09. The molecule has 18 heavy (non-hydrogen) atoms. The molecular formula is C11H16Br3N3O. The van der Waals surface area contributed by atoms with E-state index in [1.807, 2.05) is 25.7 Å². The molecule has 4 nitrogen and oxygen atoms in total. The second-order valence-electron chi connectivity index (χ2n) is 3.77. The fourth-order valence-corrected chi connectivity index (χ4v) is 3.17. The van der Waals surface area contributed by atoms with Crippen LogP contribution in [-0.2, 0) is 4.79 Å². The lowest BCUT2D eigenvalue weighted by atomic mass is 10.2. The van der Waals surface area contributed by atoms with Crippen molar-refractivity contribution in [2.75, 3.05) is 13.1 Å². The van der Waals surface area contributed by atoms with Crippen molar-refractivity contribution in [1.29, 1.82) is 0 Å². The number of halogens is 3. The Morgan fingerprint density at radius 1 is 1.28 bits per heavy atom. The Morgan fingerprint density at radius 2 is 1.83 bits per heavy atom. The van der Waals surface area contributed by atoms with Crippen LogP contribution in [0.2, 0.25) is 0 Å².